The molecular weight excluding hydrogens is 190 g/mol. The van der Waals surface area contributed by atoms with Crippen LogP contribution >= 0.6 is 11.8 Å². The lowest BCUT2D eigenvalue weighted by atomic mass is 10.0. The molecule has 0 aromatic heterocycles. The monoisotopic (exact) mass is 213 g/mol. The smallest absolute Gasteiger partial charge is 0.0652 e. The first-order chi connectivity index (χ1) is 6.77. The van der Waals surface area contributed by atoms with E-state index in [0.717, 1.165) is 5.25 Å². The molecule has 1 nitrogen and oxygen atoms in total. The molecule has 82 valence electrons. The minimum Gasteiger partial charge on any atom is -0.279 e. The second kappa shape index (κ2) is 6.49. The summed E-state index contributed by atoms with van der Waals surface area (Å²) in [6, 6.07) is 0.631. The quantitative estimate of drug-likeness (QED) is 0.642. The second-order valence-electron chi connectivity index (χ2n) is 4.16. The Hall–Kier alpha value is 0.0200. The molecule has 0 unspecified atom stereocenters. The summed E-state index contributed by atoms with van der Waals surface area (Å²) < 4.78 is 0. The van der Waals surface area contributed by atoms with Gasteiger partial charge in [0.1, 0.15) is 0 Å². The molecule has 0 spiro atoms. The van der Waals surface area contributed by atoms with E-state index in [0.29, 0.717) is 6.04 Å². The van der Waals surface area contributed by atoms with Crippen molar-refractivity contribution in [3.05, 3.63) is 0 Å². The average molecular weight is 213 g/mol. The highest BCUT2D eigenvalue weighted by atomic mass is 32.2. The van der Waals surface area contributed by atoms with Gasteiger partial charge in [0.15, 0.2) is 0 Å². The van der Waals surface area contributed by atoms with E-state index >= 15 is 0 Å². The molecule has 1 aliphatic rings. The summed E-state index contributed by atoms with van der Waals surface area (Å²) in [6.07, 6.45) is 7.98. The van der Waals surface area contributed by atoms with Crippen molar-refractivity contribution in [3.63, 3.8) is 0 Å². The maximum Gasteiger partial charge on any atom is 0.0652 e. The number of aliphatic imine (C=N–C) groups is 1. The normalized spacial score (nSPS) is 26.6. The Morgan fingerprint density at radius 3 is 2.43 bits per heavy atom. The van der Waals surface area contributed by atoms with Gasteiger partial charge in [-0.05, 0) is 19.8 Å². The lowest BCUT2D eigenvalue weighted by molar-refractivity contribution is 0.532. The summed E-state index contributed by atoms with van der Waals surface area (Å²) in [5.41, 5.74) is 0. The molecule has 1 rings (SSSR count). The highest BCUT2D eigenvalue weighted by Gasteiger charge is 2.26. The average Bonchev–Trinajstić information content (AvgIpc) is 2.52. The molecule has 0 aliphatic carbocycles. The van der Waals surface area contributed by atoms with Crippen molar-refractivity contribution < 1.29 is 0 Å². The van der Waals surface area contributed by atoms with Crippen LogP contribution in [-0.2, 0) is 0 Å². The second-order valence-corrected chi connectivity index (χ2v) is 5.59. The van der Waals surface area contributed by atoms with Gasteiger partial charge in [0.2, 0.25) is 0 Å². The molecule has 0 saturated heterocycles. The van der Waals surface area contributed by atoms with Crippen molar-refractivity contribution >= 4 is 16.8 Å². The van der Waals surface area contributed by atoms with E-state index < -0.39 is 0 Å². The number of nitrogens with zero attached hydrogens (tertiary/aromatic N) is 1. The van der Waals surface area contributed by atoms with Crippen molar-refractivity contribution in [2.75, 3.05) is 0 Å². The molecule has 0 aromatic rings. The maximum absolute atomic E-state index is 4.74. The fourth-order valence-corrected chi connectivity index (χ4v) is 3.24. The highest BCUT2D eigenvalue weighted by Crippen LogP contribution is 2.33. The largest absolute Gasteiger partial charge is 0.279 e. The minimum absolute atomic E-state index is 0.631. The third-order valence-electron chi connectivity index (χ3n) is 2.79. The van der Waals surface area contributed by atoms with E-state index in [1.165, 1.54) is 43.6 Å². The molecule has 1 heterocycles. The van der Waals surface area contributed by atoms with Gasteiger partial charge in [-0.25, -0.2) is 0 Å². The molecule has 0 radical (unpaired) electrons. The van der Waals surface area contributed by atoms with Crippen molar-refractivity contribution in [2.45, 2.75) is 70.6 Å². The summed E-state index contributed by atoms with van der Waals surface area (Å²) >= 11 is 2.01. The van der Waals surface area contributed by atoms with Crippen LogP contribution in [0, 0.1) is 0 Å². The van der Waals surface area contributed by atoms with Crippen LogP contribution in [0.4, 0.5) is 0 Å². The Bertz CT molecular complexity index is 189. The predicted molar refractivity (Wildman–Crippen MR) is 67.3 cm³/mol. The van der Waals surface area contributed by atoms with Crippen molar-refractivity contribution in [1.82, 2.24) is 0 Å². The molecule has 2 atom stereocenters. The minimum atomic E-state index is 0.631. The molecule has 0 aromatic carbocycles. The van der Waals surface area contributed by atoms with E-state index in [9.17, 15) is 0 Å². The first-order valence-electron chi connectivity index (χ1n) is 5.99. The molecule has 1 aliphatic heterocycles. The SMILES string of the molecule is CCCC[C@@H]1N=C(C)S[C@H]1CCCC. The van der Waals surface area contributed by atoms with E-state index in [4.69, 9.17) is 4.99 Å². The fraction of sp³-hybridized carbons (Fsp3) is 0.917. The molecule has 2 heteroatoms. The first-order valence-corrected chi connectivity index (χ1v) is 6.87. The summed E-state index contributed by atoms with van der Waals surface area (Å²) in [4.78, 5) is 4.74. The topological polar surface area (TPSA) is 12.4 Å². The van der Waals surface area contributed by atoms with Crippen LogP contribution in [0.3, 0.4) is 0 Å². The maximum atomic E-state index is 4.74. The van der Waals surface area contributed by atoms with Crippen molar-refractivity contribution in [1.29, 1.82) is 0 Å². The fourth-order valence-electron chi connectivity index (χ4n) is 1.97. The number of hydrogen-bond acceptors (Lipinski definition) is 2. The van der Waals surface area contributed by atoms with Gasteiger partial charge in [0, 0.05) is 5.25 Å². The van der Waals surface area contributed by atoms with Gasteiger partial charge in [-0.3, -0.25) is 4.99 Å². The summed E-state index contributed by atoms with van der Waals surface area (Å²) in [5.74, 6) is 0. The number of hydrogen-bond donors (Lipinski definition) is 0. The van der Waals surface area contributed by atoms with Crippen molar-refractivity contribution in [3.8, 4) is 0 Å². The lowest BCUT2D eigenvalue weighted by Gasteiger charge is -2.16. The zero-order valence-electron chi connectivity index (χ0n) is 9.75. The molecular formula is C12H23NS. The van der Waals surface area contributed by atoms with Gasteiger partial charge in [-0.2, -0.15) is 0 Å². The Morgan fingerprint density at radius 1 is 1.14 bits per heavy atom. The molecule has 14 heavy (non-hydrogen) atoms. The highest BCUT2D eigenvalue weighted by molar-refractivity contribution is 8.14. The third-order valence-corrected chi connectivity index (χ3v) is 4.09. The molecule has 0 saturated carbocycles. The van der Waals surface area contributed by atoms with Crippen molar-refractivity contribution in [2.24, 2.45) is 4.99 Å². The first kappa shape index (κ1) is 12.1. The number of unbranched alkanes of at least 4 members (excludes halogenated alkanes) is 2. The summed E-state index contributed by atoms with van der Waals surface area (Å²) in [6.45, 7) is 6.70. The van der Waals surface area contributed by atoms with Crippen LogP contribution in [-0.4, -0.2) is 16.3 Å². The third kappa shape index (κ3) is 3.64. The van der Waals surface area contributed by atoms with E-state index in [1.807, 2.05) is 11.8 Å². The van der Waals surface area contributed by atoms with Crippen LogP contribution in [0.5, 0.6) is 0 Å². The van der Waals surface area contributed by atoms with Gasteiger partial charge in [0.05, 0.1) is 11.1 Å². The van der Waals surface area contributed by atoms with Gasteiger partial charge in [0.25, 0.3) is 0 Å². The van der Waals surface area contributed by atoms with Gasteiger partial charge < -0.3 is 0 Å². The van der Waals surface area contributed by atoms with Crippen LogP contribution in [0.15, 0.2) is 4.99 Å². The lowest BCUT2D eigenvalue weighted by Crippen LogP contribution is -2.17. The van der Waals surface area contributed by atoms with Gasteiger partial charge in [-0.1, -0.05) is 39.5 Å². The molecule has 0 bridgehead atoms. The van der Waals surface area contributed by atoms with Gasteiger partial charge >= 0.3 is 0 Å². The summed E-state index contributed by atoms with van der Waals surface area (Å²) in [5, 5.41) is 2.11. The Labute approximate surface area is 92.8 Å². The summed E-state index contributed by atoms with van der Waals surface area (Å²) in [7, 11) is 0. The van der Waals surface area contributed by atoms with Crippen LogP contribution < -0.4 is 0 Å². The van der Waals surface area contributed by atoms with Crippen LogP contribution in [0.25, 0.3) is 0 Å². The Balaban J connectivity index is 2.34. The van der Waals surface area contributed by atoms with E-state index in [-0.39, 0.29) is 0 Å². The Kier molecular flexibility index (Phi) is 5.61. The molecule has 0 N–H and O–H groups in total. The molecule has 0 fully saturated rings. The number of rotatable bonds is 6. The Morgan fingerprint density at radius 2 is 1.79 bits per heavy atom. The van der Waals surface area contributed by atoms with Crippen LogP contribution in [0.2, 0.25) is 0 Å². The van der Waals surface area contributed by atoms with E-state index in [2.05, 4.69) is 20.8 Å². The standard InChI is InChI=1S/C12H23NS/c1-4-6-8-11-12(9-7-5-2)14-10(3)13-11/h11-12H,4-9H2,1-3H3/t11-,12-/m0/s1. The van der Waals surface area contributed by atoms with E-state index in [1.54, 1.807) is 0 Å². The zero-order valence-corrected chi connectivity index (χ0v) is 10.6. The van der Waals surface area contributed by atoms with Gasteiger partial charge in [-0.15, -0.1) is 11.8 Å². The molecule has 0 amide bonds. The zero-order chi connectivity index (χ0) is 10.4. The predicted octanol–water partition coefficient (Wildman–Crippen LogP) is 4.27. The number of thioether (sulfide) groups is 1. The van der Waals surface area contributed by atoms with Crippen LogP contribution in [0.1, 0.15) is 59.3 Å².